The summed E-state index contributed by atoms with van der Waals surface area (Å²) in [5.74, 6) is -4.52. The van der Waals surface area contributed by atoms with Crippen LogP contribution in [0.2, 0.25) is 0 Å². The molecule has 0 radical (unpaired) electrons. The predicted octanol–water partition coefficient (Wildman–Crippen LogP) is 6.76. The fourth-order valence-corrected chi connectivity index (χ4v) is 7.50. The van der Waals surface area contributed by atoms with Crippen LogP contribution >= 0.6 is 0 Å². The summed E-state index contributed by atoms with van der Waals surface area (Å²) in [6, 6.07) is 8.61. The van der Waals surface area contributed by atoms with E-state index >= 15 is 0 Å². The molecular formula is C34H31F6N5O2. The highest BCUT2D eigenvalue weighted by Gasteiger charge is 2.64. The third-order valence-electron chi connectivity index (χ3n) is 10.1. The molecule has 2 aliphatic rings. The number of nitrogens with one attached hydrogen (secondary N) is 1. The number of aromatic nitrogens is 3. The van der Waals surface area contributed by atoms with Crippen molar-refractivity contribution in [3.8, 4) is 11.1 Å². The topological polar surface area (TPSA) is 103 Å². The molecule has 2 aliphatic carbocycles. The van der Waals surface area contributed by atoms with Crippen LogP contribution in [0, 0.1) is 22.9 Å². The summed E-state index contributed by atoms with van der Waals surface area (Å²) >= 11 is 0. The van der Waals surface area contributed by atoms with Crippen LogP contribution in [0.5, 0.6) is 0 Å². The van der Waals surface area contributed by atoms with Gasteiger partial charge in [0.1, 0.15) is 24.0 Å². The zero-order chi connectivity index (χ0) is 34.1. The maximum absolute atomic E-state index is 14.3. The fourth-order valence-electron chi connectivity index (χ4n) is 7.50. The van der Waals surface area contributed by atoms with Crippen molar-refractivity contribution in [2.75, 3.05) is 0 Å². The highest BCUT2D eigenvalue weighted by molar-refractivity contribution is 5.94. The quantitative estimate of drug-likeness (QED) is 0.205. The zero-order valence-electron chi connectivity index (χ0n) is 25.7. The Labute approximate surface area is 266 Å². The molecule has 0 saturated heterocycles. The lowest BCUT2D eigenvalue weighted by Gasteiger charge is -2.35. The lowest BCUT2D eigenvalue weighted by molar-refractivity contribution is -0.143. The second-order valence-electron chi connectivity index (χ2n) is 13.0. The van der Waals surface area contributed by atoms with Crippen molar-refractivity contribution in [3.05, 3.63) is 106 Å². The first-order valence-electron chi connectivity index (χ1n) is 15.0. The molecule has 2 unspecified atom stereocenters. The van der Waals surface area contributed by atoms with E-state index in [0.29, 0.717) is 35.7 Å². The van der Waals surface area contributed by atoms with Crippen molar-refractivity contribution in [3.63, 3.8) is 0 Å². The lowest BCUT2D eigenvalue weighted by Crippen LogP contribution is -2.35. The number of pyridine rings is 1. The number of benzene rings is 2. The third-order valence-corrected chi connectivity index (χ3v) is 10.1. The number of nitrogens with zero attached hydrogens (tertiary/aromatic N) is 3. The number of carbonyl (C=O) groups excluding carboxylic acids is 2. The molecule has 13 heteroatoms. The van der Waals surface area contributed by atoms with E-state index < -0.39 is 64.6 Å². The average molecular weight is 656 g/mol. The van der Waals surface area contributed by atoms with Gasteiger partial charge in [-0.05, 0) is 66.1 Å². The molecule has 7 nitrogen and oxygen atoms in total. The van der Waals surface area contributed by atoms with Crippen molar-refractivity contribution < 1.29 is 35.9 Å². The predicted molar refractivity (Wildman–Crippen MR) is 159 cm³/mol. The molecule has 0 aliphatic heterocycles. The molecule has 3 N–H and O–H groups in total. The molecular weight excluding hydrogens is 624 g/mol. The van der Waals surface area contributed by atoms with E-state index in [1.54, 1.807) is 12.1 Å². The Kier molecular flexibility index (Phi) is 7.71. The van der Waals surface area contributed by atoms with Crippen LogP contribution in [0.3, 0.4) is 0 Å². The van der Waals surface area contributed by atoms with Crippen molar-refractivity contribution >= 4 is 11.8 Å². The van der Waals surface area contributed by atoms with Gasteiger partial charge in [-0.1, -0.05) is 32.9 Å². The average Bonchev–Trinajstić information content (AvgIpc) is 3.52. The van der Waals surface area contributed by atoms with Crippen LogP contribution in [-0.2, 0) is 29.4 Å². The molecule has 2 aromatic heterocycles. The molecule has 2 amide bonds. The minimum absolute atomic E-state index is 0.124. The van der Waals surface area contributed by atoms with Crippen LogP contribution in [0.4, 0.5) is 26.3 Å². The summed E-state index contributed by atoms with van der Waals surface area (Å²) in [5, 5.41) is 6.71. The number of alkyl halides is 3. The monoisotopic (exact) mass is 655 g/mol. The van der Waals surface area contributed by atoms with Crippen LogP contribution in [0.1, 0.15) is 84.1 Å². The standard InChI is InChI=1S/C34H31F6N5O2/c1-32(2)23-8-9-33(32,3)27-29(23)45(44-30(27)34(38,39)40)16-26(46)43-25(13-17-11-19(35)15-20(36)12-17)28-21(5-4-10-42-28)18-6-7-24(37)22(14-18)31(41)47/h4-7,10-12,14-15,23,25H,8-9,13,16H2,1-3H3,(H2,41,47)(H,43,46)/t23?,25-,33?/m0/s1. The Morgan fingerprint density at radius 3 is 2.43 bits per heavy atom. The molecule has 0 spiro atoms. The second kappa shape index (κ2) is 11.2. The summed E-state index contributed by atoms with van der Waals surface area (Å²) in [5.41, 5.74) is 4.22. The summed E-state index contributed by atoms with van der Waals surface area (Å²) in [7, 11) is 0. The Balaban J connectivity index is 1.40. The molecule has 246 valence electrons. The maximum Gasteiger partial charge on any atom is 0.435 e. The number of hydrogen-bond donors (Lipinski definition) is 2. The minimum Gasteiger partial charge on any atom is -0.366 e. The van der Waals surface area contributed by atoms with Crippen LogP contribution in [-0.4, -0.2) is 26.6 Å². The normalized spacial score (nSPS) is 20.2. The van der Waals surface area contributed by atoms with E-state index in [2.05, 4.69) is 15.4 Å². The van der Waals surface area contributed by atoms with Crippen molar-refractivity contribution in [2.45, 2.75) is 70.1 Å². The van der Waals surface area contributed by atoms with Gasteiger partial charge in [-0.25, -0.2) is 13.2 Å². The van der Waals surface area contributed by atoms with Gasteiger partial charge in [-0.2, -0.15) is 18.3 Å². The number of primary amides is 1. The van der Waals surface area contributed by atoms with E-state index in [1.165, 1.54) is 18.3 Å². The molecule has 1 fully saturated rings. The first kappa shape index (κ1) is 32.3. The van der Waals surface area contributed by atoms with Gasteiger partial charge in [-0.15, -0.1) is 0 Å². The molecule has 2 bridgehead atoms. The minimum atomic E-state index is -4.73. The largest absolute Gasteiger partial charge is 0.435 e. The molecule has 4 aromatic rings. The maximum atomic E-state index is 14.3. The lowest BCUT2D eigenvalue weighted by atomic mass is 9.68. The summed E-state index contributed by atoms with van der Waals surface area (Å²) in [6.45, 7) is 5.13. The summed E-state index contributed by atoms with van der Waals surface area (Å²) in [6.07, 6.45) is -2.28. The first-order chi connectivity index (χ1) is 22.0. The molecule has 2 aromatic carbocycles. The van der Waals surface area contributed by atoms with Crippen molar-refractivity contribution in [1.29, 1.82) is 0 Å². The highest BCUT2D eigenvalue weighted by Crippen LogP contribution is 2.69. The Bertz CT molecular complexity index is 1900. The Hall–Kier alpha value is -4.68. The molecule has 1 saturated carbocycles. The van der Waals surface area contributed by atoms with Crippen molar-refractivity contribution in [1.82, 2.24) is 20.1 Å². The van der Waals surface area contributed by atoms with Gasteiger partial charge in [0, 0.05) is 40.4 Å². The number of fused-ring (bicyclic) bond motifs is 5. The van der Waals surface area contributed by atoms with Gasteiger partial charge in [0.15, 0.2) is 5.69 Å². The first-order valence-corrected chi connectivity index (χ1v) is 15.0. The zero-order valence-corrected chi connectivity index (χ0v) is 25.7. The SMILES string of the molecule is CC12CCC(c3c1c(C(F)(F)F)nn3CC(=O)N[C@@H](Cc1cc(F)cc(F)c1)c1ncccc1-c1ccc(F)c(C(N)=O)c1)C2(C)C. The summed E-state index contributed by atoms with van der Waals surface area (Å²) in [4.78, 5) is 30.0. The van der Waals surface area contributed by atoms with Gasteiger partial charge in [-0.3, -0.25) is 19.3 Å². The molecule has 3 atom stereocenters. The van der Waals surface area contributed by atoms with Gasteiger partial charge in [0.2, 0.25) is 5.91 Å². The van der Waals surface area contributed by atoms with Gasteiger partial charge in [0.05, 0.1) is 17.3 Å². The van der Waals surface area contributed by atoms with E-state index in [9.17, 15) is 35.9 Å². The van der Waals surface area contributed by atoms with E-state index in [0.717, 1.165) is 22.9 Å². The number of hydrogen-bond acceptors (Lipinski definition) is 4. The number of rotatable bonds is 8. The number of nitrogens with two attached hydrogens (primary N) is 1. The molecule has 47 heavy (non-hydrogen) atoms. The molecule has 6 rings (SSSR count). The summed E-state index contributed by atoms with van der Waals surface area (Å²) < 4.78 is 86.7. The Morgan fingerprint density at radius 1 is 1.06 bits per heavy atom. The van der Waals surface area contributed by atoms with Crippen molar-refractivity contribution in [2.24, 2.45) is 11.1 Å². The van der Waals surface area contributed by atoms with Crippen LogP contribution < -0.4 is 11.1 Å². The highest BCUT2D eigenvalue weighted by atomic mass is 19.4. The van der Waals surface area contributed by atoms with Gasteiger partial charge in [0.25, 0.3) is 5.91 Å². The number of carbonyl (C=O) groups is 2. The number of amides is 2. The fraction of sp³-hybridized carbons (Fsp3) is 0.353. The molecule has 2 heterocycles. The number of halogens is 6. The van der Waals surface area contributed by atoms with E-state index in [1.807, 2.05) is 20.8 Å². The smallest absolute Gasteiger partial charge is 0.366 e. The third kappa shape index (κ3) is 5.44. The van der Waals surface area contributed by atoms with E-state index in [4.69, 9.17) is 5.73 Å². The van der Waals surface area contributed by atoms with Gasteiger partial charge < -0.3 is 11.1 Å². The van der Waals surface area contributed by atoms with Gasteiger partial charge >= 0.3 is 6.18 Å². The van der Waals surface area contributed by atoms with E-state index in [-0.39, 0.29) is 34.7 Å². The van der Waals surface area contributed by atoms with Crippen LogP contribution in [0.15, 0.2) is 54.7 Å². The second-order valence-corrected chi connectivity index (χ2v) is 13.0. The Morgan fingerprint density at radius 2 is 1.77 bits per heavy atom. The van der Waals surface area contributed by atoms with Crippen LogP contribution in [0.25, 0.3) is 11.1 Å².